The summed E-state index contributed by atoms with van der Waals surface area (Å²) in [5, 5.41) is 0. The van der Waals surface area contributed by atoms with Crippen molar-refractivity contribution in [1.29, 1.82) is 0 Å². The zero-order chi connectivity index (χ0) is 18.1. The molecule has 3 rings (SSSR count). The molecular weight excluding hydrogens is 344 g/mol. The minimum atomic E-state index is -0.352. The molecule has 0 fully saturated rings. The first kappa shape index (κ1) is 17.2. The Morgan fingerprint density at radius 3 is 2.36 bits per heavy atom. The molecule has 0 radical (unpaired) electrons. The van der Waals surface area contributed by atoms with E-state index in [2.05, 4.69) is 4.99 Å². The van der Waals surface area contributed by atoms with Crippen LogP contribution in [0, 0.1) is 0 Å². The second-order valence-electron chi connectivity index (χ2n) is 5.57. The summed E-state index contributed by atoms with van der Waals surface area (Å²) in [6, 6.07) is 3.37. The van der Waals surface area contributed by atoms with Gasteiger partial charge in [-0.15, -0.1) is 0 Å². The number of fused-ring (bicyclic) bond motifs is 1. The number of benzene rings is 1. The van der Waals surface area contributed by atoms with Gasteiger partial charge in [0.05, 0.1) is 31.9 Å². The Balaban J connectivity index is 2.21. The molecule has 132 valence electrons. The summed E-state index contributed by atoms with van der Waals surface area (Å²) in [6.45, 7) is 1.86. The molecule has 1 aromatic carbocycles. The Labute approximate surface area is 147 Å². The third-order valence-electron chi connectivity index (χ3n) is 3.84. The van der Waals surface area contributed by atoms with E-state index >= 15 is 0 Å². The topological polar surface area (TPSA) is 79.1 Å². The summed E-state index contributed by atoms with van der Waals surface area (Å²) in [5.41, 5.74) is 0.348. The Kier molecular flexibility index (Phi) is 4.63. The fraction of sp³-hybridized carbons (Fsp3) is 0.353. The van der Waals surface area contributed by atoms with E-state index < -0.39 is 0 Å². The predicted molar refractivity (Wildman–Crippen MR) is 93.7 cm³/mol. The van der Waals surface area contributed by atoms with Crippen molar-refractivity contribution in [2.75, 3.05) is 21.3 Å². The van der Waals surface area contributed by atoms with E-state index in [0.29, 0.717) is 32.1 Å². The van der Waals surface area contributed by atoms with Crippen LogP contribution in [-0.4, -0.2) is 37.8 Å². The number of carbonyl (C=O) groups excluding carboxylic acids is 1. The molecule has 0 saturated heterocycles. The lowest BCUT2D eigenvalue weighted by Crippen LogP contribution is -2.40. The Hall–Kier alpha value is -2.61. The van der Waals surface area contributed by atoms with Gasteiger partial charge in [-0.05, 0) is 30.7 Å². The van der Waals surface area contributed by atoms with Crippen molar-refractivity contribution in [2.45, 2.75) is 19.4 Å². The lowest BCUT2D eigenvalue weighted by Gasteiger charge is -2.12. The number of ether oxygens (including phenoxy) is 3. The summed E-state index contributed by atoms with van der Waals surface area (Å²) < 4.78 is 17.5. The smallest absolute Gasteiger partial charge is 0.277 e. The van der Waals surface area contributed by atoms with Crippen molar-refractivity contribution in [3.05, 3.63) is 37.4 Å². The molecule has 0 saturated carbocycles. The third kappa shape index (κ3) is 3.05. The molecule has 1 atom stereocenters. The number of aromatic nitrogens is 1. The number of methoxy groups -OCH3 is 3. The summed E-state index contributed by atoms with van der Waals surface area (Å²) in [4.78, 5) is 29.5. The molecule has 0 amide bonds. The van der Waals surface area contributed by atoms with Gasteiger partial charge in [0.25, 0.3) is 5.56 Å². The largest absolute Gasteiger partial charge is 0.493 e. The van der Waals surface area contributed by atoms with Crippen molar-refractivity contribution < 1.29 is 19.0 Å². The zero-order valence-electron chi connectivity index (χ0n) is 14.4. The summed E-state index contributed by atoms with van der Waals surface area (Å²) in [5.74, 6) is 1.24. The van der Waals surface area contributed by atoms with Crippen molar-refractivity contribution in [3.8, 4) is 17.2 Å². The average molecular weight is 362 g/mol. The van der Waals surface area contributed by atoms with E-state index in [4.69, 9.17) is 14.2 Å². The van der Waals surface area contributed by atoms with E-state index in [-0.39, 0.29) is 23.9 Å². The SMILES string of the molecule is COc1cc(C=c2sc3n(c2=O)C(=O)CC(C)N=3)cc(OC)c1OC. The molecule has 1 aliphatic heterocycles. The van der Waals surface area contributed by atoms with Gasteiger partial charge < -0.3 is 14.2 Å². The van der Waals surface area contributed by atoms with Gasteiger partial charge in [0.1, 0.15) is 0 Å². The van der Waals surface area contributed by atoms with Gasteiger partial charge in [-0.25, -0.2) is 4.57 Å². The Morgan fingerprint density at radius 1 is 1.16 bits per heavy atom. The summed E-state index contributed by atoms with van der Waals surface area (Å²) >= 11 is 1.20. The quantitative estimate of drug-likeness (QED) is 0.804. The number of carbonyl (C=O) groups is 1. The highest BCUT2D eigenvalue weighted by molar-refractivity contribution is 7.07. The van der Waals surface area contributed by atoms with E-state index in [0.717, 1.165) is 4.57 Å². The summed E-state index contributed by atoms with van der Waals surface area (Å²) in [7, 11) is 4.58. The first-order valence-electron chi connectivity index (χ1n) is 7.63. The van der Waals surface area contributed by atoms with Crippen LogP contribution in [0.3, 0.4) is 0 Å². The molecule has 1 aromatic heterocycles. The highest BCUT2D eigenvalue weighted by Crippen LogP contribution is 2.38. The minimum absolute atomic E-state index is 0.112. The van der Waals surface area contributed by atoms with Gasteiger partial charge >= 0.3 is 0 Å². The van der Waals surface area contributed by atoms with Gasteiger partial charge in [0, 0.05) is 6.42 Å². The standard InChI is InChI=1S/C17H18N2O5S/c1-9-5-14(20)19-16(21)13(25-17(19)18-9)8-10-6-11(22-2)15(24-4)12(7-10)23-3/h6-9H,5H2,1-4H3. The van der Waals surface area contributed by atoms with Crippen LogP contribution in [0.15, 0.2) is 21.9 Å². The van der Waals surface area contributed by atoms with Crippen molar-refractivity contribution in [1.82, 2.24) is 4.57 Å². The number of hydrogen-bond acceptors (Lipinski definition) is 7. The van der Waals surface area contributed by atoms with Crippen LogP contribution in [0.2, 0.25) is 0 Å². The number of nitrogens with zero attached hydrogens (tertiary/aromatic N) is 2. The van der Waals surface area contributed by atoms with Crippen LogP contribution in [0.4, 0.5) is 0 Å². The van der Waals surface area contributed by atoms with E-state index in [9.17, 15) is 9.59 Å². The molecule has 0 bridgehead atoms. The van der Waals surface area contributed by atoms with Crippen molar-refractivity contribution in [2.24, 2.45) is 4.99 Å². The van der Waals surface area contributed by atoms with Gasteiger partial charge in [-0.2, -0.15) is 0 Å². The number of hydrogen-bond donors (Lipinski definition) is 0. The van der Waals surface area contributed by atoms with Gasteiger partial charge in [0.15, 0.2) is 16.3 Å². The third-order valence-corrected chi connectivity index (χ3v) is 4.82. The molecular formula is C17H18N2O5S. The Bertz CT molecular complexity index is 980. The summed E-state index contributed by atoms with van der Waals surface area (Å²) in [6.07, 6.45) is 1.93. The second kappa shape index (κ2) is 6.72. The molecule has 2 heterocycles. The molecule has 1 unspecified atom stereocenters. The maximum Gasteiger partial charge on any atom is 0.277 e. The lowest BCUT2D eigenvalue weighted by molar-refractivity contribution is 0.0877. The first-order valence-corrected chi connectivity index (χ1v) is 8.44. The average Bonchev–Trinajstić information content (AvgIpc) is 2.89. The van der Waals surface area contributed by atoms with E-state index in [1.54, 1.807) is 18.2 Å². The number of rotatable bonds is 4. The first-order chi connectivity index (χ1) is 12.0. The predicted octanol–water partition coefficient (Wildman–Crippen LogP) is 0.816. The van der Waals surface area contributed by atoms with Crippen LogP contribution in [0.1, 0.15) is 23.7 Å². The van der Waals surface area contributed by atoms with Crippen LogP contribution in [0.25, 0.3) is 6.08 Å². The molecule has 0 aliphatic carbocycles. The minimum Gasteiger partial charge on any atom is -0.493 e. The van der Waals surface area contributed by atoms with Crippen LogP contribution in [0.5, 0.6) is 17.2 Å². The molecule has 2 aromatic rings. The normalized spacial score (nSPS) is 17.0. The van der Waals surface area contributed by atoms with Crippen molar-refractivity contribution >= 4 is 23.3 Å². The fourth-order valence-corrected chi connectivity index (χ4v) is 3.77. The van der Waals surface area contributed by atoms with Gasteiger partial charge in [-0.3, -0.25) is 14.6 Å². The zero-order valence-corrected chi connectivity index (χ0v) is 15.2. The van der Waals surface area contributed by atoms with Gasteiger partial charge in [0.2, 0.25) is 11.7 Å². The molecule has 8 heteroatoms. The van der Waals surface area contributed by atoms with Gasteiger partial charge in [-0.1, -0.05) is 11.3 Å². The monoisotopic (exact) mass is 362 g/mol. The highest BCUT2D eigenvalue weighted by Gasteiger charge is 2.21. The number of thiazole rings is 1. The van der Waals surface area contributed by atoms with Crippen LogP contribution < -0.4 is 29.1 Å². The fourth-order valence-electron chi connectivity index (χ4n) is 2.69. The van der Waals surface area contributed by atoms with Crippen molar-refractivity contribution in [3.63, 3.8) is 0 Å². The Morgan fingerprint density at radius 2 is 1.80 bits per heavy atom. The highest BCUT2D eigenvalue weighted by atomic mass is 32.1. The maximum atomic E-state index is 12.5. The van der Waals surface area contributed by atoms with E-state index in [1.165, 1.54) is 32.7 Å². The van der Waals surface area contributed by atoms with Crippen LogP contribution >= 0.6 is 11.3 Å². The molecule has 1 aliphatic rings. The molecule has 0 N–H and O–H groups in total. The maximum absolute atomic E-state index is 12.5. The molecule has 7 nitrogen and oxygen atoms in total. The molecule has 25 heavy (non-hydrogen) atoms. The lowest BCUT2D eigenvalue weighted by atomic mass is 10.1. The van der Waals surface area contributed by atoms with E-state index in [1.807, 2.05) is 6.92 Å². The second-order valence-corrected chi connectivity index (χ2v) is 6.58. The van der Waals surface area contributed by atoms with Crippen LogP contribution in [-0.2, 0) is 0 Å². The molecule has 0 spiro atoms.